The molecule has 0 aliphatic heterocycles. The minimum atomic E-state index is 0.669. The molecule has 0 saturated heterocycles. The minimum absolute atomic E-state index is 0.669. The molecule has 1 aromatic carbocycles. The van der Waals surface area contributed by atoms with Crippen LogP contribution in [-0.4, -0.2) is 0 Å². The molecule has 0 nitrogen and oxygen atoms in total. The zero-order chi connectivity index (χ0) is 13.0. The SMILES string of the molecule is CCCCC1=Cc2cccc(Br)c2C1CCCC. The first kappa shape index (κ1) is 13.9. The van der Waals surface area contributed by atoms with Crippen LogP contribution >= 0.6 is 15.9 Å². The molecule has 1 unspecified atom stereocenters. The zero-order valence-corrected chi connectivity index (χ0v) is 13.1. The second-order valence-corrected chi connectivity index (χ2v) is 6.11. The van der Waals surface area contributed by atoms with Gasteiger partial charge in [0.2, 0.25) is 0 Å². The Morgan fingerprint density at radius 1 is 1.11 bits per heavy atom. The van der Waals surface area contributed by atoms with Crippen LogP contribution in [0.25, 0.3) is 6.08 Å². The van der Waals surface area contributed by atoms with Crippen LogP contribution in [0.1, 0.15) is 69.4 Å². The fraction of sp³-hybridized carbons (Fsp3) is 0.529. The van der Waals surface area contributed by atoms with Gasteiger partial charge in [-0.05, 0) is 36.5 Å². The summed E-state index contributed by atoms with van der Waals surface area (Å²) >= 11 is 3.74. The third kappa shape index (κ3) is 2.88. The van der Waals surface area contributed by atoms with Gasteiger partial charge < -0.3 is 0 Å². The molecule has 0 N–H and O–H groups in total. The Morgan fingerprint density at radius 3 is 2.61 bits per heavy atom. The quantitative estimate of drug-likeness (QED) is 0.577. The first-order valence-electron chi connectivity index (χ1n) is 7.26. The lowest BCUT2D eigenvalue weighted by Crippen LogP contribution is -2.00. The van der Waals surface area contributed by atoms with E-state index < -0.39 is 0 Å². The standard InChI is InChI=1S/C17H23Br/c1-3-5-8-13-12-14-9-7-11-16(18)17(14)15(13)10-6-4-2/h7,9,11-12,15H,3-6,8,10H2,1-2H3. The van der Waals surface area contributed by atoms with Crippen molar-refractivity contribution in [3.8, 4) is 0 Å². The van der Waals surface area contributed by atoms with Gasteiger partial charge in [0.05, 0.1) is 0 Å². The fourth-order valence-electron chi connectivity index (χ4n) is 2.90. The number of benzene rings is 1. The molecule has 0 bridgehead atoms. The number of fused-ring (bicyclic) bond motifs is 1. The van der Waals surface area contributed by atoms with Gasteiger partial charge in [-0.1, -0.05) is 72.8 Å². The Bertz CT molecular complexity index is 431. The molecule has 1 atom stereocenters. The zero-order valence-electron chi connectivity index (χ0n) is 11.5. The Hall–Kier alpha value is -0.560. The second-order valence-electron chi connectivity index (χ2n) is 5.26. The van der Waals surface area contributed by atoms with E-state index in [9.17, 15) is 0 Å². The maximum atomic E-state index is 3.74. The Morgan fingerprint density at radius 2 is 1.89 bits per heavy atom. The van der Waals surface area contributed by atoms with Crippen LogP contribution in [0.15, 0.2) is 28.2 Å². The average molecular weight is 307 g/mol. The van der Waals surface area contributed by atoms with Gasteiger partial charge in [0.25, 0.3) is 0 Å². The van der Waals surface area contributed by atoms with Crippen molar-refractivity contribution in [2.45, 2.75) is 58.3 Å². The molecule has 1 aromatic rings. The molecule has 1 aliphatic rings. The summed E-state index contributed by atoms with van der Waals surface area (Å²) in [7, 11) is 0. The summed E-state index contributed by atoms with van der Waals surface area (Å²) in [6.45, 7) is 4.56. The molecule has 0 radical (unpaired) electrons. The van der Waals surface area contributed by atoms with Gasteiger partial charge in [0.1, 0.15) is 0 Å². The summed E-state index contributed by atoms with van der Waals surface area (Å²) in [5.74, 6) is 0.669. The second kappa shape index (κ2) is 6.56. The molecule has 98 valence electrons. The average Bonchev–Trinajstić information content (AvgIpc) is 2.73. The lowest BCUT2D eigenvalue weighted by molar-refractivity contribution is 0.620. The van der Waals surface area contributed by atoms with E-state index in [1.807, 2.05) is 0 Å². The highest BCUT2D eigenvalue weighted by atomic mass is 79.9. The highest BCUT2D eigenvalue weighted by Gasteiger charge is 2.25. The number of allylic oxidation sites excluding steroid dienone is 1. The summed E-state index contributed by atoms with van der Waals surface area (Å²) in [6.07, 6.45) is 10.2. The Labute approximate surface area is 120 Å². The van der Waals surface area contributed by atoms with Crippen molar-refractivity contribution in [3.05, 3.63) is 39.4 Å². The maximum absolute atomic E-state index is 3.74. The monoisotopic (exact) mass is 306 g/mol. The van der Waals surface area contributed by atoms with Crippen molar-refractivity contribution >= 4 is 22.0 Å². The van der Waals surface area contributed by atoms with E-state index >= 15 is 0 Å². The molecule has 0 saturated carbocycles. The molecule has 1 aliphatic carbocycles. The number of hydrogen-bond donors (Lipinski definition) is 0. The van der Waals surface area contributed by atoms with Gasteiger partial charge in [0.15, 0.2) is 0 Å². The molecular formula is C17H23Br. The van der Waals surface area contributed by atoms with Crippen molar-refractivity contribution < 1.29 is 0 Å². The third-order valence-corrected chi connectivity index (χ3v) is 4.58. The molecular weight excluding hydrogens is 284 g/mol. The van der Waals surface area contributed by atoms with Crippen LogP contribution in [0, 0.1) is 0 Å². The van der Waals surface area contributed by atoms with Gasteiger partial charge in [-0.3, -0.25) is 0 Å². The molecule has 0 fully saturated rings. The van der Waals surface area contributed by atoms with Gasteiger partial charge >= 0.3 is 0 Å². The van der Waals surface area contributed by atoms with E-state index in [0.717, 1.165) is 0 Å². The number of unbranched alkanes of at least 4 members (excludes halogenated alkanes) is 2. The largest absolute Gasteiger partial charge is 0.0654 e. The number of halogens is 1. The van der Waals surface area contributed by atoms with Crippen LogP contribution in [0.4, 0.5) is 0 Å². The van der Waals surface area contributed by atoms with Crippen LogP contribution in [0.5, 0.6) is 0 Å². The summed E-state index contributed by atoms with van der Waals surface area (Å²) in [6, 6.07) is 6.60. The van der Waals surface area contributed by atoms with Crippen molar-refractivity contribution in [1.82, 2.24) is 0 Å². The predicted molar refractivity (Wildman–Crippen MR) is 83.9 cm³/mol. The minimum Gasteiger partial charge on any atom is -0.0654 e. The van der Waals surface area contributed by atoms with E-state index in [4.69, 9.17) is 0 Å². The van der Waals surface area contributed by atoms with Crippen LogP contribution < -0.4 is 0 Å². The fourth-order valence-corrected chi connectivity index (χ4v) is 3.56. The van der Waals surface area contributed by atoms with E-state index in [1.165, 1.54) is 54.1 Å². The maximum Gasteiger partial charge on any atom is 0.0219 e. The molecule has 2 rings (SSSR count). The van der Waals surface area contributed by atoms with Gasteiger partial charge in [-0.25, -0.2) is 0 Å². The molecule has 1 heteroatoms. The van der Waals surface area contributed by atoms with Gasteiger partial charge in [-0.15, -0.1) is 0 Å². The molecule has 0 amide bonds. The van der Waals surface area contributed by atoms with E-state index in [2.05, 4.69) is 54.1 Å². The predicted octanol–water partition coefficient (Wildman–Crippen LogP) is 6.31. The normalized spacial score (nSPS) is 17.7. The highest BCUT2D eigenvalue weighted by Crippen LogP contribution is 2.44. The lowest BCUT2D eigenvalue weighted by Gasteiger charge is -2.18. The lowest BCUT2D eigenvalue weighted by atomic mass is 9.88. The van der Waals surface area contributed by atoms with E-state index in [0.29, 0.717) is 5.92 Å². The summed E-state index contributed by atoms with van der Waals surface area (Å²) in [4.78, 5) is 0. The number of rotatable bonds is 6. The topological polar surface area (TPSA) is 0 Å². The van der Waals surface area contributed by atoms with Crippen molar-refractivity contribution in [2.24, 2.45) is 0 Å². The highest BCUT2D eigenvalue weighted by molar-refractivity contribution is 9.10. The van der Waals surface area contributed by atoms with Crippen molar-refractivity contribution in [3.63, 3.8) is 0 Å². The van der Waals surface area contributed by atoms with E-state index in [1.54, 1.807) is 5.57 Å². The molecule has 0 heterocycles. The van der Waals surface area contributed by atoms with Crippen molar-refractivity contribution in [1.29, 1.82) is 0 Å². The summed E-state index contributed by atoms with van der Waals surface area (Å²) < 4.78 is 1.30. The molecule has 18 heavy (non-hydrogen) atoms. The third-order valence-electron chi connectivity index (χ3n) is 3.89. The van der Waals surface area contributed by atoms with Crippen LogP contribution in [-0.2, 0) is 0 Å². The summed E-state index contributed by atoms with van der Waals surface area (Å²) in [5.41, 5.74) is 4.64. The smallest absolute Gasteiger partial charge is 0.0219 e. The molecule has 0 spiro atoms. The Balaban J connectivity index is 2.24. The Kier molecular flexibility index (Phi) is 5.05. The van der Waals surface area contributed by atoms with Crippen LogP contribution in [0.3, 0.4) is 0 Å². The van der Waals surface area contributed by atoms with Gasteiger partial charge in [-0.2, -0.15) is 0 Å². The molecule has 0 aromatic heterocycles. The first-order chi connectivity index (χ1) is 8.77. The van der Waals surface area contributed by atoms with Crippen LogP contribution in [0.2, 0.25) is 0 Å². The van der Waals surface area contributed by atoms with Gasteiger partial charge in [0, 0.05) is 10.4 Å². The summed E-state index contributed by atoms with van der Waals surface area (Å²) in [5, 5.41) is 0. The van der Waals surface area contributed by atoms with E-state index in [-0.39, 0.29) is 0 Å². The first-order valence-corrected chi connectivity index (χ1v) is 8.06. The van der Waals surface area contributed by atoms with Crippen molar-refractivity contribution in [2.75, 3.05) is 0 Å². The number of hydrogen-bond acceptors (Lipinski definition) is 0.